The fourth-order valence-corrected chi connectivity index (χ4v) is 3.05. The molecule has 1 fully saturated rings. The van der Waals surface area contributed by atoms with E-state index >= 15 is 0 Å². The highest BCUT2D eigenvalue weighted by Crippen LogP contribution is 2.27. The van der Waals surface area contributed by atoms with Crippen LogP contribution in [0, 0.1) is 5.92 Å². The van der Waals surface area contributed by atoms with E-state index in [1.165, 1.54) is 19.3 Å². The van der Waals surface area contributed by atoms with Crippen LogP contribution in [0.15, 0.2) is 24.3 Å². The number of carboxylic acid groups (broad SMARTS) is 1. The van der Waals surface area contributed by atoms with Crippen LogP contribution < -0.4 is 4.74 Å². The number of esters is 1. The number of aliphatic carboxylic acids is 1. The summed E-state index contributed by atoms with van der Waals surface area (Å²) in [6, 6.07) is 7.01. The van der Waals surface area contributed by atoms with E-state index in [0.29, 0.717) is 37.9 Å². The number of ether oxygens (including phenoxy) is 2. The van der Waals surface area contributed by atoms with E-state index in [0.717, 1.165) is 12.2 Å². The number of carbonyl (C=O) groups excluding carboxylic acids is 1. The lowest BCUT2D eigenvalue weighted by molar-refractivity contribution is -0.143. The summed E-state index contributed by atoms with van der Waals surface area (Å²) in [7, 11) is 0. The number of unbranched alkanes of at least 4 members (excludes halogenated alkanes) is 3. The summed E-state index contributed by atoms with van der Waals surface area (Å²) in [4.78, 5) is 23.1. The summed E-state index contributed by atoms with van der Waals surface area (Å²) >= 11 is 0. The average Bonchev–Trinajstić information content (AvgIpc) is 2.62. The first kappa shape index (κ1) is 19.3. The minimum absolute atomic E-state index is 0.183. The Hall–Kier alpha value is -2.04. The van der Waals surface area contributed by atoms with Crippen LogP contribution in [0.5, 0.6) is 5.75 Å². The molecule has 138 valence electrons. The number of carbonyl (C=O) groups is 2. The topological polar surface area (TPSA) is 72.8 Å². The molecule has 5 heteroatoms. The second-order valence-corrected chi connectivity index (χ2v) is 6.65. The molecule has 0 heterocycles. The Kier molecular flexibility index (Phi) is 7.76. The summed E-state index contributed by atoms with van der Waals surface area (Å²) in [5.41, 5.74) is 0.499. The van der Waals surface area contributed by atoms with Gasteiger partial charge >= 0.3 is 11.9 Å². The van der Waals surface area contributed by atoms with Crippen molar-refractivity contribution in [3.63, 3.8) is 0 Å². The van der Waals surface area contributed by atoms with Crippen molar-refractivity contribution in [2.75, 3.05) is 6.61 Å². The zero-order chi connectivity index (χ0) is 18.1. The average molecular weight is 348 g/mol. The SMILES string of the molecule is CCCCCCOc1ccc(C(=O)OC2CCC(C(=O)O)CC2)cc1. The van der Waals surface area contributed by atoms with Crippen LogP contribution in [0.2, 0.25) is 0 Å². The molecular weight excluding hydrogens is 320 g/mol. The van der Waals surface area contributed by atoms with Crippen molar-refractivity contribution in [1.29, 1.82) is 0 Å². The largest absolute Gasteiger partial charge is 0.494 e. The van der Waals surface area contributed by atoms with Gasteiger partial charge in [-0.1, -0.05) is 26.2 Å². The second kappa shape index (κ2) is 10.1. The number of rotatable bonds is 9. The molecule has 0 aliphatic heterocycles. The van der Waals surface area contributed by atoms with Gasteiger partial charge in [-0.3, -0.25) is 4.79 Å². The highest BCUT2D eigenvalue weighted by Gasteiger charge is 2.28. The Morgan fingerprint density at radius 1 is 1.04 bits per heavy atom. The van der Waals surface area contributed by atoms with E-state index in [2.05, 4.69) is 6.92 Å². The maximum Gasteiger partial charge on any atom is 0.338 e. The molecule has 1 N–H and O–H groups in total. The van der Waals surface area contributed by atoms with E-state index in [4.69, 9.17) is 14.6 Å². The van der Waals surface area contributed by atoms with Crippen LogP contribution in [-0.4, -0.2) is 29.8 Å². The van der Waals surface area contributed by atoms with Gasteiger partial charge in [-0.05, 0) is 56.4 Å². The van der Waals surface area contributed by atoms with E-state index < -0.39 is 5.97 Å². The number of carboxylic acids is 1. The molecule has 0 radical (unpaired) electrons. The third-order valence-electron chi connectivity index (χ3n) is 4.65. The third-order valence-corrected chi connectivity index (χ3v) is 4.65. The number of benzene rings is 1. The van der Waals surface area contributed by atoms with Crippen molar-refractivity contribution in [3.05, 3.63) is 29.8 Å². The Morgan fingerprint density at radius 2 is 1.72 bits per heavy atom. The van der Waals surface area contributed by atoms with E-state index in [-0.39, 0.29) is 18.0 Å². The summed E-state index contributed by atoms with van der Waals surface area (Å²) in [6.45, 7) is 2.87. The van der Waals surface area contributed by atoms with Crippen molar-refractivity contribution in [2.24, 2.45) is 5.92 Å². The molecule has 25 heavy (non-hydrogen) atoms. The Bertz CT molecular complexity index is 544. The monoisotopic (exact) mass is 348 g/mol. The molecule has 1 saturated carbocycles. The lowest BCUT2D eigenvalue weighted by Gasteiger charge is -2.25. The molecule has 0 spiro atoms. The zero-order valence-electron chi connectivity index (χ0n) is 14.9. The van der Waals surface area contributed by atoms with Gasteiger partial charge in [0.1, 0.15) is 11.9 Å². The van der Waals surface area contributed by atoms with Crippen LogP contribution in [-0.2, 0) is 9.53 Å². The minimum atomic E-state index is -0.755. The van der Waals surface area contributed by atoms with Crippen molar-refractivity contribution >= 4 is 11.9 Å². The first-order valence-electron chi connectivity index (χ1n) is 9.26. The van der Waals surface area contributed by atoms with Gasteiger partial charge in [0, 0.05) is 0 Å². The third kappa shape index (κ3) is 6.40. The summed E-state index contributed by atoms with van der Waals surface area (Å²) in [6.07, 6.45) is 6.82. The standard InChI is InChI=1S/C20H28O5/c1-2-3-4-5-14-24-17-10-8-16(9-11-17)20(23)25-18-12-6-15(7-13-18)19(21)22/h8-11,15,18H,2-7,12-14H2,1H3,(H,21,22). The lowest BCUT2D eigenvalue weighted by Crippen LogP contribution is -2.27. The van der Waals surface area contributed by atoms with E-state index in [9.17, 15) is 9.59 Å². The predicted octanol–water partition coefficient (Wildman–Crippen LogP) is 4.45. The quantitative estimate of drug-likeness (QED) is 0.527. The van der Waals surface area contributed by atoms with Crippen molar-refractivity contribution in [3.8, 4) is 5.75 Å². The van der Waals surface area contributed by atoms with Crippen LogP contribution >= 0.6 is 0 Å². The maximum absolute atomic E-state index is 12.2. The molecule has 0 atom stereocenters. The summed E-state index contributed by atoms with van der Waals surface area (Å²) in [5, 5.41) is 8.99. The Labute approximate surface area is 149 Å². The van der Waals surface area contributed by atoms with Crippen LogP contribution in [0.3, 0.4) is 0 Å². The second-order valence-electron chi connectivity index (χ2n) is 6.65. The molecule has 5 nitrogen and oxygen atoms in total. The molecule has 0 bridgehead atoms. The number of hydrogen-bond donors (Lipinski definition) is 1. The first-order valence-corrected chi connectivity index (χ1v) is 9.26. The number of hydrogen-bond acceptors (Lipinski definition) is 4. The van der Waals surface area contributed by atoms with Gasteiger partial charge in [-0.15, -0.1) is 0 Å². The van der Waals surface area contributed by atoms with Gasteiger partial charge in [-0.25, -0.2) is 4.79 Å². The highest BCUT2D eigenvalue weighted by atomic mass is 16.5. The molecule has 2 rings (SSSR count). The highest BCUT2D eigenvalue weighted by molar-refractivity contribution is 5.89. The van der Waals surface area contributed by atoms with Gasteiger partial charge < -0.3 is 14.6 Å². The van der Waals surface area contributed by atoms with Gasteiger partial charge in [0.15, 0.2) is 0 Å². The Balaban J connectivity index is 1.74. The van der Waals surface area contributed by atoms with Crippen molar-refractivity contribution in [1.82, 2.24) is 0 Å². The normalized spacial score (nSPS) is 20.0. The van der Waals surface area contributed by atoms with Crippen LogP contribution in [0.4, 0.5) is 0 Å². The predicted molar refractivity (Wildman–Crippen MR) is 94.9 cm³/mol. The fraction of sp³-hybridized carbons (Fsp3) is 0.600. The molecule has 1 aliphatic rings. The minimum Gasteiger partial charge on any atom is -0.494 e. The molecule has 0 saturated heterocycles. The zero-order valence-corrected chi connectivity index (χ0v) is 14.9. The van der Waals surface area contributed by atoms with Crippen LogP contribution in [0.1, 0.15) is 68.6 Å². The van der Waals surface area contributed by atoms with E-state index in [1.807, 2.05) is 0 Å². The Morgan fingerprint density at radius 3 is 2.32 bits per heavy atom. The molecule has 0 unspecified atom stereocenters. The van der Waals surface area contributed by atoms with Gasteiger partial charge in [0.05, 0.1) is 18.1 Å². The van der Waals surface area contributed by atoms with E-state index in [1.54, 1.807) is 24.3 Å². The fourth-order valence-electron chi connectivity index (χ4n) is 3.05. The molecule has 1 aromatic rings. The van der Waals surface area contributed by atoms with Gasteiger partial charge in [0.2, 0.25) is 0 Å². The first-order chi connectivity index (χ1) is 12.1. The van der Waals surface area contributed by atoms with Crippen molar-refractivity contribution < 1.29 is 24.2 Å². The maximum atomic E-state index is 12.2. The summed E-state index contributed by atoms with van der Waals surface area (Å²) < 4.78 is 11.2. The van der Waals surface area contributed by atoms with Gasteiger partial charge in [-0.2, -0.15) is 0 Å². The molecular formula is C20H28O5. The van der Waals surface area contributed by atoms with Crippen LogP contribution in [0.25, 0.3) is 0 Å². The smallest absolute Gasteiger partial charge is 0.338 e. The lowest BCUT2D eigenvalue weighted by atomic mass is 9.87. The molecule has 0 amide bonds. The summed E-state index contributed by atoms with van der Waals surface area (Å²) in [5.74, 6) is -0.651. The van der Waals surface area contributed by atoms with Crippen molar-refractivity contribution in [2.45, 2.75) is 64.4 Å². The molecule has 1 aliphatic carbocycles. The van der Waals surface area contributed by atoms with Gasteiger partial charge in [0.25, 0.3) is 0 Å². The molecule has 0 aromatic heterocycles. The molecule has 1 aromatic carbocycles.